The van der Waals surface area contributed by atoms with E-state index in [4.69, 9.17) is 9.47 Å². The number of nitrogens with one attached hydrogen (secondary N) is 2. The summed E-state index contributed by atoms with van der Waals surface area (Å²) in [5.74, 6) is -1.20. The Bertz CT molecular complexity index is 762. The average molecular weight is 356 g/mol. The summed E-state index contributed by atoms with van der Waals surface area (Å²) in [5, 5.41) is 0. The van der Waals surface area contributed by atoms with E-state index in [1.54, 1.807) is 36.4 Å². The maximum atomic E-state index is 11.8. The minimum Gasteiger partial charge on any atom is -0.482 e. The van der Waals surface area contributed by atoms with Gasteiger partial charge >= 0.3 is 5.97 Å². The molecule has 0 spiro atoms. The molecule has 2 N–H and O–H groups in total. The highest BCUT2D eigenvalue weighted by atomic mass is 16.6. The Balaban J connectivity index is 1.68. The predicted octanol–water partition coefficient (Wildman–Crippen LogP) is 1.63. The van der Waals surface area contributed by atoms with Crippen LogP contribution in [-0.2, 0) is 20.7 Å². The van der Waals surface area contributed by atoms with Crippen LogP contribution in [0.3, 0.4) is 0 Å². The highest BCUT2D eigenvalue weighted by Crippen LogP contribution is 2.18. The van der Waals surface area contributed by atoms with Gasteiger partial charge in [0.1, 0.15) is 5.75 Å². The van der Waals surface area contributed by atoms with Gasteiger partial charge in [-0.05, 0) is 30.2 Å². The second-order valence-corrected chi connectivity index (χ2v) is 5.28. The number of rotatable bonds is 7. The minimum absolute atomic E-state index is 0.305. The summed E-state index contributed by atoms with van der Waals surface area (Å²) in [6.07, 6.45) is 0.773. The van der Waals surface area contributed by atoms with Gasteiger partial charge in [0, 0.05) is 5.56 Å². The van der Waals surface area contributed by atoms with Crippen molar-refractivity contribution in [2.24, 2.45) is 0 Å². The van der Waals surface area contributed by atoms with Crippen LogP contribution in [0.4, 0.5) is 0 Å². The number of carbonyl (C=O) groups excluding carboxylic acids is 3. The summed E-state index contributed by atoms with van der Waals surface area (Å²) in [6.45, 7) is 1.15. The summed E-state index contributed by atoms with van der Waals surface area (Å²) < 4.78 is 10.2. The average Bonchev–Trinajstić information content (AvgIpc) is 2.69. The van der Waals surface area contributed by atoms with Crippen molar-refractivity contribution in [3.05, 3.63) is 65.7 Å². The van der Waals surface area contributed by atoms with Gasteiger partial charge in [-0.2, -0.15) is 0 Å². The van der Waals surface area contributed by atoms with Gasteiger partial charge in [0.05, 0.1) is 0 Å². The van der Waals surface area contributed by atoms with Gasteiger partial charge < -0.3 is 9.47 Å². The first-order valence-corrected chi connectivity index (χ1v) is 8.10. The van der Waals surface area contributed by atoms with E-state index in [9.17, 15) is 14.4 Å². The van der Waals surface area contributed by atoms with Crippen molar-refractivity contribution in [1.29, 1.82) is 0 Å². The Morgan fingerprint density at radius 3 is 2.31 bits per heavy atom. The molecule has 0 atom stereocenters. The van der Waals surface area contributed by atoms with Crippen molar-refractivity contribution in [1.82, 2.24) is 10.9 Å². The number of esters is 1. The number of carbonyl (C=O) groups is 3. The van der Waals surface area contributed by atoms with Crippen LogP contribution in [0.1, 0.15) is 22.8 Å². The predicted molar refractivity (Wildman–Crippen MR) is 94.3 cm³/mol. The molecule has 0 aliphatic rings. The van der Waals surface area contributed by atoms with E-state index in [2.05, 4.69) is 10.9 Å². The van der Waals surface area contributed by atoms with E-state index < -0.39 is 24.4 Å². The van der Waals surface area contributed by atoms with Gasteiger partial charge in [0.2, 0.25) is 0 Å². The summed E-state index contributed by atoms with van der Waals surface area (Å²) in [5.41, 5.74) is 5.78. The van der Waals surface area contributed by atoms with Crippen LogP contribution in [-0.4, -0.2) is 31.0 Å². The van der Waals surface area contributed by atoms with E-state index in [1.165, 1.54) is 0 Å². The topological polar surface area (TPSA) is 93.7 Å². The standard InChI is InChI=1S/C19H20N2O5/c1-2-14-8-6-7-11-16(14)25-13-18(23)26-12-17(22)20-21-19(24)15-9-4-3-5-10-15/h3-11H,2,12-13H2,1H3,(H,20,22)(H,21,24). The first-order valence-electron chi connectivity index (χ1n) is 8.10. The smallest absolute Gasteiger partial charge is 0.344 e. The molecule has 0 radical (unpaired) electrons. The molecular formula is C19H20N2O5. The second kappa shape index (κ2) is 9.83. The van der Waals surface area contributed by atoms with Crippen LogP contribution in [0.2, 0.25) is 0 Å². The normalized spacial score (nSPS) is 9.88. The van der Waals surface area contributed by atoms with Crippen molar-refractivity contribution in [3.63, 3.8) is 0 Å². The molecule has 0 aliphatic carbocycles. The van der Waals surface area contributed by atoms with Gasteiger partial charge in [-0.15, -0.1) is 0 Å². The number of hydrogen-bond acceptors (Lipinski definition) is 5. The molecule has 7 nitrogen and oxygen atoms in total. The molecule has 0 aliphatic heterocycles. The molecule has 0 saturated heterocycles. The molecule has 0 unspecified atom stereocenters. The first kappa shape index (κ1) is 19.0. The summed E-state index contributed by atoms with van der Waals surface area (Å²) in [6, 6.07) is 15.8. The van der Waals surface area contributed by atoms with E-state index >= 15 is 0 Å². The van der Waals surface area contributed by atoms with Crippen molar-refractivity contribution < 1.29 is 23.9 Å². The van der Waals surface area contributed by atoms with Gasteiger partial charge in [-0.3, -0.25) is 20.4 Å². The first-order chi connectivity index (χ1) is 12.6. The van der Waals surface area contributed by atoms with E-state index in [-0.39, 0.29) is 6.61 Å². The molecule has 0 heterocycles. The maximum Gasteiger partial charge on any atom is 0.344 e. The SMILES string of the molecule is CCc1ccccc1OCC(=O)OCC(=O)NNC(=O)c1ccccc1. The zero-order chi connectivity index (χ0) is 18.8. The Hall–Kier alpha value is -3.35. The number of hydrogen-bond donors (Lipinski definition) is 2. The monoisotopic (exact) mass is 356 g/mol. The third-order valence-electron chi connectivity index (χ3n) is 3.41. The van der Waals surface area contributed by atoms with Crippen molar-refractivity contribution in [3.8, 4) is 5.75 Å². The number of aryl methyl sites for hydroxylation is 1. The Morgan fingerprint density at radius 1 is 0.885 bits per heavy atom. The Kier molecular flexibility index (Phi) is 7.17. The summed E-state index contributed by atoms with van der Waals surface area (Å²) in [7, 11) is 0. The van der Waals surface area contributed by atoms with Gasteiger partial charge in [0.15, 0.2) is 13.2 Å². The molecule has 2 aromatic rings. The van der Waals surface area contributed by atoms with E-state index in [0.29, 0.717) is 11.3 Å². The lowest BCUT2D eigenvalue weighted by molar-refractivity contribution is -0.150. The second-order valence-electron chi connectivity index (χ2n) is 5.28. The fourth-order valence-corrected chi connectivity index (χ4v) is 2.09. The summed E-state index contributed by atoms with van der Waals surface area (Å²) >= 11 is 0. The summed E-state index contributed by atoms with van der Waals surface area (Å²) in [4.78, 5) is 35.0. The molecular weight excluding hydrogens is 336 g/mol. The van der Waals surface area contributed by atoms with Crippen LogP contribution >= 0.6 is 0 Å². The maximum absolute atomic E-state index is 11.8. The van der Waals surface area contributed by atoms with E-state index in [0.717, 1.165) is 12.0 Å². The fraction of sp³-hybridized carbons (Fsp3) is 0.211. The lowest BCUT2D eigenvalue weighted by atomic mass is 10.1. The number of ether oxygens (including phenoxy) is 2. The lowest BCUT2D eigenvalue weighted by Crippen LogP contribution is -2.43. The van der Waals surface area contributed by atoms with Crippen LogP contribution < -0.4 is 15.6 Å². The molecule has 26 heavy (non-hydrogen) atoms. The van der Waals surface area contributed by atoms with Crippen LogP contribution in [0.15, 0.2) is 54.6 Å². The number of hydrazine groups is 1. The molecule has 0 fully saturated rings. The number of benzene rings is 2. The fourth-order valence-electron chi connectivity index (χ4n) is 2.09. The van der Waals surface area contributed by atoms with E-state index in [1.807, 2.05) is 25.1 Å². The molecule has 2 amide bonds. The molecule has 2 aromatic carbocycles. The Labute approximate surface area is 151 Å². The van der Waals surface area contributed by atoms with Gasteiger partial charge in [0.25, 0.3) is 11.8 Å². The van der Waals surface area contributed by atoms with Crippen molar-refractivity contribution >= 4 is 17.8 Å². The molecule has 0 bridgehead atoms. The third kappa shape index (κ3) is 5.94. The lowest BCUT2D eigenvalue weighted by Gasteiger charge is -2.10. The van der Waals surface area contributed by atoms with Crippen molar-refractivity contribution in [2.75, 3.05) is 13.2 Å². The zero-order valence-corrected chi connectivity index (χ0v) is 14.4. The molecule has 0 aromatic heterocycles. The Morgan fingerprint density at radius 2 is 1.58 bits per heavy atom. The highest BCUT2D eigenvalue weighted by Gasteiger charge is 2.11. The number of para-hydroxylation sites is 1. The largest absolute Gasteiger partial charge is 0.482 e. The minimum atomic E-state index is -0.680. The van der Waals surface area contributed by atoms with Gasteiger partial charge in [-0.1, -0.05) is 43.3 Å². The van der Waals surface area contributed by atoms with Crippen LogP contribution in [0, 0.1) is 0 Å². The van der Waals surface area contributed by atoms with Crippen LogP contribution in [0.25, 0.3) is 0 Å². The molecule has 7 heteroatoms. The quantitative estimate of drug-likeness (QED) is 0.581. The zero-order valence-electron chi connectivity index (χ0n) is 14.4. The van der Waals surface area contributed by atoms with Crippen molar-refractivity contribution in [2.45, 2.75) is 13.3 Å². The molecule has 136 valence electrons. The third-order valence-corrected chi connectivity index (χ3v) is 3.41. The van der Waals surface area contributed by atoms with Gasteiger partial charge in [-0.25, -0.2) is 4.79 Å². The van der Waals surface area contributed by atoms with Crippen LogP contribution in [0.5, 0.6) is 5.75 Å². The molecule has 0 saturated carbocycles. The molecule has 2 rings (SSSR count). The number of amides is 2. The highest BCUT2D eigenvalue weighted by molar-refractivity contribution is 5.95.